The fraction of sp³-hybridized carbons (Fsp3) is 1.00. The van der Waals surface area contributed by atoms with Gasteiger partial charge in [-0.2, -0.15) is 12.6 Å². The van der Waals surface area contributed by atoms with Crippen LogP contribution >= 0.6 is 12.6 Å². The summed E-state index contributed by atoms with van der Waals surface area (Å²) < 4.78 is 4.65. The molecular weight excluding hydrogens is 126 g/mol. The van der Waals surface area contributed by atoms with Crippen LogP contribution < -0.4 is 5.73 Å². The molecule has 1 rings (SSSR count). The Hall–Kier alpha value is 0.230. The van der Waals surface area contributed by atoms with Gasteiger partial charge in [-0.3, -0.25) is 0 Å². The SMILES string of the molecule is NC(CS)C1OC1O. The van der Waals surface area contributed by atoms with Crippen molar-refractivity contribution >= 4 is 12.6 Å². The first-order valence-electron chi connectivity index (χ1n) is 2.45. The largest absolute Gasteiger partial charge is 0.366 e. The van der Waals surface area contributed by atoms with E-state index < -0.39 is 6.29 Å². The summed E-state index contributed by atoms with van der Waals surface area (Å²) in [5, 5.41) is 8.59. The van der Waals surface area contributed by atoms with Gasteiger partial charge in [-0.05, 0) is 0 Å². The van der Waals surface area contributed by atoms with Gasteiger partial charge in [0.1, 0.15) is 6.10 Å². The van der Waals surface area contributed by atoms with Crippen molar-refractivity contribution in [3.63, 3.8) is 0 Å². The van der Waals surface area contributed by atoms with Crippen molar-refractivity contribution in [3.05, 3.63) is 0 Å². The third-order valence-corrected chi connectivity index (χ3v) is 1.56. The predicted molar refractivity (Wildman–Crippen MR) is 32.7 cm³/mol. The lowest BCUT2D eigenvalue weighted by atomic mass is 10.3. The first-order valence-corrected chi connectivity index (χ1v) is 3.09. The second kappa shape index (κ2) is 2.23. The number of thiol groups is 1. The highest BCUT2D eigenvalue weighted by Crippen LogP contribution is 2.21. The smallest absolute Gasteiger partial charge is 0.183 e. The highest BCUT2D eigenvalue weighted by Gasteiger charge is 2.41. The molecule has 3 N–H and O–H groups in total. The van der Waals surface area contributed by atoms with Crippen LogP contribution in [0.4, 0.5) is 0 Å². The fourth-order valence-electron chi connectivity index (χ4n) is 0.532. The van der Waals surface area contributed by atoms with Gasteiger partial charge in [-0.25, -0.2) is 0 Å². The van der Waals surface area contributed by atoms with Crippen LogP contribution in [0.3, 0.4) is 0 Å². The van der Waals surface area contributed by atoms with Gasteiger partial charge in [0.25, 0.3) is 0 Å². The van der Waals surface area contributed by atoms with E-state index in [4.69, 9.17) is 10.8 Å². The summed E-state index contributed by atoms with van der Waals surface area (Å²) in [6.07, 6.45) is -0.787. The van der Waals surface area contributed by atoms with E-state index in [1.807, 2.05) is 0 Å². The van der Waals surface area contributed by atoms with Crippen LogP contribution in [0.5, 0.6) is 0 Å². The highest BCUT2D eigenvalue weighted by molar-refractivity contribution is 7.80. The normalized spacial score (nSPS) is 39.4. The zero-order valence-electron chi connectivity index (χ0n) is 4.32. The standard InChI is InChI=1S/C4H9NO2S/c5-2(1-8)3-4(6)7-3/h2-4,6,8H,1,5H2. The number of ether oxygens (including phenoxy) is 1. The molecule has 8 heavy (non-hydrogen) atoms. The Morgan fingerprint density at radius 3 is 2.50 bits per heavy atom. The second-order valence-electron chi connectivity index (χ2n) is 1.84. The predicted octanol–water partition coefficient (Wildman–Crippen LogP) is -1.04. The summed E-state index contributed by atoms with van der Waals surface area (Å²) in [6.45, 7) is 0. The summed E-state index contributed by atoms with van der Waals surface area (Å²) in [5.41, 5.74) is 5.41. The van der Waals surface area contributed by atoms with Gasteiger partial charge in [0.2, 0.25) is 0 Å². The summed E-state index contributed by atoms with van der Waals surface area (Å²) in [7, 11) is 0. The van der Waals surface area contributed by atoms with Crippen molar-refractivity contribution < 1.29 is 9.84 Å². The van der Waals surface area contributed by atoms with Gasteiger partial charge in [-0.15, -0.1) is 0 Å². The molecule has 1 aliphatic heterocycles. The molecule has 0 aromatic carbocycles. The molecule has 1 fully saturated rings. The number of hydrogen-bond donors (Lipinski definition) is 3. The molecule has 0 radical (unpaired) electrons. The van der Waals surface area contributed by atoms with E-state index in [1.54, 1.807) is 0 Å². The minimum atomic E-state index is -0.628. The monoisotopic (exact) mass is 135 g/mol. The van der Waals surface area contributed by atoms with Crippen molar-refractivity contribution in [2.45, 2.75) is 18.4 Å². The Kier molecular flexibility index (Phi) is 1.77. The lowest BCUT2D eigenvalue weighted by Gasteiger charge is -1.99. The van der Waals surface area contributed by atoms with Crippen LogP contribution in [0.15, 0.2) is 0 Å². The molecule has 48 valence electrons. The lowest BCUT2D eigenvalue weighted by Crippen LogP contribution is -2.29. The summed E-state index contributed by atoms with van der Waals surface area (Å²) in [5.74, 6) is 0.557. The Morgan fingerprint density at radius 1 is 1.88 bits per heavy atom. The van der Waals surface area contributed by atoms with Gasteiger partial charge in [0.15, 0.2) is 6.29 Å². The zero-order chi connectivity index (χ0) is 6.15. The molecule has 0 aliphatic carbocycles. The molecule has 3 unspecified atom stereocenters. The van der Waals surface area contributed by atoms with Crippen molar-refractivity contribution in [3.8, 4) is 0 Å². The lowest BCUT2D eigenvalue weighted by molar-refractivity contribution is 0.156. The molecule has 0 aromatic heterocycles. The summed E-state index contributed by atoms with van der Waals surface area (Å²) in [4.78, 5) is 0. The van der Waals surface area contributed by atoms with E-state index in [1.165, 1.54) is 0 Å². The first-order chi connectivity index (χ1) is 3.75. The second-order valence-corrected chi connectivity index (χ2v) is 2.20. The number of epoxide rings is 1. The van der Waals surface area contributed by atoms with Crippen LogP contribution in [0.2, 0.25) is 0 Å². The number of nitrogens with two attached hydrogens (primary N) is 1. The fourth-order valence-corrected chi connectivity index (χ4v) is 0.740. The molecule has 0 aromatic rings. The number of hydrogen-bond acceptors (Lipinski definition) is 4. The van der Waals surface area contributed by atoms with Crippen LogP contribution in [-0.4, -0.2) is 29.3 Å². The van der Waals surface area contributed by atoms with E-state index in [9.17, 15) is 0 Å². The molecule has 4 heteroatoms. The summed E-state index contributed by atoms with van der Waals surface area (Å²) in [6, 6.07) is -0.117. The molecule has 3 atom stereocenters. The minimum absolute atomic E-state index is 0.117. The van der Waals surface area contributed by atoms with Crippen LogP contribution in [-0.2, 0) is 4.74 Å². The summed E-state index contributed by atoms with van der Waals surface area (Å²) >= 11 is 3.92. The van der Waals surface area contributed by atoms with E-state index in [0.29, 0.717) is 5.75 Å². The van der Waals surface area contributed by atoms with Crippen molar-refractivity contribution in [1.82, 2.24) is 0 Å². The van der Waals surface area contributed by atoms with Gasteiger partial charge >= 0.3 is 0 Å². The topological polar surface area (TPSA) is 58.8 Å². The van der Waals surface area contributed by atoms with E-state index in [-0.39, 0.29) is 12.1 Å². The molecule has 1 saturated heterocycles. The average molecular weight is 135 g/mol. The zero-order valence-corrected chi connectivity index (χ0v) is 5.21. The molecule has 1 heterocycles. The Morgan fingerprint density at radius 2 is 2.38 bits per heavy atom. The van der Waals surface area contributed by atoms with Crippen molar-refractivity contribution in [2.24, 2.45) is 5.73 Å². The van der Waals surface area contributed by atoms with E-state index in [2.05, 4.69) is 17.4 Å². The van der Waals surface area contributed by atoms with Crippen molar-refractivity contribution in [2.75, 3.05) is 5.75 Å². The number of aliphatic hydroxyl groups excluding tert-OH is 1. The van der Waals surface area contributed by atoms with Crippen LogP contribution in [0.25, 0.3) is 0 Å². The Balaban J connectivity index is 2.18. The Bertz CT molecular complexity index is 88.1. The highest BCUT2D eigenvalue weighted by atomic mass is 32.1. The Labute approximate surface area is 53.2 Å². The quantitative estimate of drug-likeness (QED) is 0.335. The first kappa shape index (κ1) is 6.35. The van der Waals surface area contributed by atoms with E-state index >= 15 is 0 Å². The van der Waals surface area contributed by atoms with Crippen LogP contribution in [0, 0.1) is 0 Å². The van der Waals surface area contributed by atoms with E-state index in [0.717, 1.165) is 0 Å². The maximum absolute atomic E-state index is 8.59. The maximum Gasteiger partial charge on any atom is 0.183 e. The van der Waals surface area contributed by atoms with Gasteiger partial charge in [-0.1, -0.05) is 0 Å². The third kappa shape index (κ3) is 1.14. The van der Waals surface area contributed by atoms with Crippen LogP contribution in [0.1, 0.15) is 0 Å². The minimum Gasteiger partial charge on any atom is -0.366 e. The van der Waals surface area contributed by atoms with Gasteiger partial charge < -0.3 is 15.6 Å². The van der Waals surface area contributed by atoms with Crippen molar-refractivity contribution in [1.29, 1.82) is 0 Å². The molecule has 3 nitrogen and oxygen atoms in total. The van der Waals surface area contributed by atoms with Gasteiger partial charge in [0.05, 0.1) is 0 Å². The number of aliphatic hydroxyl groups is 1. The third-order valence-electron chi connectivity index (χ3n) is 1.13. The molecule has 0 saturated carbocycles. The number of rotatable bonds is 2. The molecule has 1 aliphatic rings. The maximum atomic E-state index is 8.59. The molecule has 0 bridgehead atoms. The average Bonchev–Trinajstić information content (AvgIpc) is 2.45. The molecule has 0 spiro atoms. The molecule has 0 amide bonds. The van der Waals surface area contributed by atoms with Gasteiger partial charge in [0, 0.05) is 11.8 Å². The molecular formula is C4H9NO2S.